The molecule has 2 aliphatic heterocycles. The molecule has 1 spiro atoms. The maximum Gasteiger partial charge on any atom is 0.248 e. The predicted octanol–water partition coefficient (Wildman–Crippen LogP) is 1.03. The average molecular weight is 384 g/mol. The lowest BCUT2D eigenvalue weighted by Crippen LogP contribution is -2.41. The number of fused-ring (bicyclic) bond motifs is 2. The molecule has 0 unspecified atom stereocenters. The van der Waals surface area contributed by atoms with Crippen LogP contribution in [-0.2, 0) is 33.8 Å². The first-order valence-electron chi connectivity index (χ1n) is 7.91. The van der Waals surface area contributed by atoms with Crippen LogP contribution < -0.4 is 0 Å². The minimum absolute atomic E-state index is 0.0772. The summed E-state index contributed by atoms with van der Waals surface area (Å²) in [7, 11) is -2.11. The van der Waals surface area contributed by atoms with Crippen LogP contribution in [0.5, 0.6) is 0 Å². The third-order valence-corrected chi connectivity index (χ3v) is 7.48. The van der Waals surface area contributed by atoms with Gasteiger partial charge in [0.25, 0.3) is 0 Å². The fraction of sp³-hybridized carbons (Fsp3) is 0.533. The van der Waals surface area contributed by atoms with E-state index in [-0.39, 0.29) is 10.0 Å². The van der Waals surface area contributed by atoms with E-state index < -0.39 is 15.4 Å². The fourth-order valence-electron chi connectivity index (χ4n) is 3.75. The first-order valence-corrected chi connectivity index (χ1v) is 9.73. The molecular weight excluding hydrogens is 366 g/mol. The largest absolute Gasteiger partial charge is 0.376 e. The molecular formula is C15H18ClN5O3S. The highest BCUT2D eigenvalue weighted by molar-refractivity contribution is 7.89. The Hall–Kier alpha value is -1.55. The van der Waals surface area contributed by atoms with Gasteiger partial charge in [-0.15, -0.1) is 0 Å². The Balaban J connectivity index is 1.72. The number of aryl methyl sites for hydroxylation is 2. The highest BCUT2D eigenvalue weighted by atomic mass is 35.5. The summed E-state index contributed by atoms with van der Waals surface area (Å²) >= 11 is 6.18. The van der Waals surface area contributed by atoms with Crippen molar-refractivity contribution in [2.75, 3.05) is 19.7 Å². The average Bonchev–Trinajstić information content (AvgIpc) is 3.11. The molecule has 25 heavy (non-hydrogen) atoms. The lowest BCUT2D eigenvalue weighted by Gasteiger charge is -2.33. The van der Waals surface area contributed by atoms with Gasteiger partial charge in [0.05, 0.1) is 30.0 Å². The summed E-state index contributed by atoms with van der Waals surface area (Å²) < 4.78 is 34.8. The molecule has 2 aromatic rings. The third kappa shape index (κ3) is 2.49. The highest BCUT2D eigenvalue weighted by Crippen LogP contribution is 2.41. The molecule has 4 heterocycles. The van der Waals surface area contributed by atoms with Crippen LogP contribution in [0.15, 0.2) is 17.4 Å². The minimum atomic E-state index is -3.74. The molecule has 4 rings (SSSR count). The quantitative estimate of drug-likeness (QED) is 0.769. The molecule has 0 aliphatic carbocycles. The molecule has 0 aromatic carbocycles. The zero-order chi connectivity index (χ0) is 17.8. The zero-order valence-electron chi connectivity index (χ0n) is 13.9. The van der Waals surface area contributed by atoms with E-state index in [1.807, 2.05) is 0 Å². The zero-order valence-corrected chi connectivity index (χ0v) is 15.5. The maximum absolute atomic E-state index is 13.1. The van der Waals surface area contributed by atoms with Gasteiger partial charge in [0.1, 0.15) is 16.4 Å². The minimum Gasteiger partial charge on any atom is -0.376 e. The van der Waals surface area contributed by atoms with Gasteiger partial charge < -0.3 is 4.74 Å². The number of sulfonamides is 1. The van der Waals surface area contributed by atoms with E-state index in [1.165, 1.54) is 15.3 Å². The highest BCUT2D eigenvalue weighted by Gasteiger charge is 2.48. The van der Waals surface area contributed by atoms with Gasteiger partial charge in [-0.3, -0.25) is 4.68 Å². The monoisotopic (exact) mass is 383 g/mol. The van der Waals surface area contributed by atoms with Crippen LogP contribution in [0.1, 0.15) is 23.4 Å². The number of hydrogen-bond donors (Lipinski definition) is 0. The van der Waals surface area contributed by atoms with Crippen molar-refractivity contribution in [3.05, 3.63) is 34.6 Å². The Morgan fingerprint density at radius 1 is 1.40 bits per heavy atom. The van der Waals surface area contributed by atoms with Gasteiger partial charge in [0.15, 0.2) is 0 Å². The van der Waals surface area contributed by atoms with Gasteiger partial charge in [0, 0.05) is 31.9 Å². The van der Waals surface area contributed by atoms with Crippen molar-refractivity contribution < 1.29 is 13.2 Å². The van der Waals surface area contributed by atoms with E-state index in [1.54, 1.807) is 20.2 Å². The van der Waals surface area contributed by atoms with Crippen molar-refractivity contribution in [2.45, 2.75) is 30.3 Å². The van der Waals surface area contributed by atoms with E-state index in [0.717, 1.165) is 11.3 Å². The Bertz CT molecular complexity index is 945. The van der Waals surface area contributed by atoms with Crippen molar-refractivity contribution in [1.29, 1.82) is 0 Å². The standard InChI is InChI=1S/C15H18ClN5O3S/c1-10-12(14(16)20(2)19-10)25(22,23)21-4-3-15(7-21)8-24-6-11-5-17-9-18-13(11)15/h5,9H,3-4,6-8H2,1-2H3/t15-/m1/s1. The molecule has 1 atom stereocenters. The molecule has 1 saturated heterocycles. The van der Waals surface area contributed by atoms with Gasteiger partial charge in [-0.1, -0.05) is 11.6 Å². The molecule has 0 bridgehead atoms. The van der Waals surface area contributed by atoms with Crippen LogP contribution in [0.2, 0.25) is 5.15 Å². The summed E-state index contributed by atoms with van der Waals surface area (Å²) in [5, 5.41) is 4.25. The second-order valence-electron chi connectivity index (χ2n) is 6.59. The smallest absolute Gasteiger partial charge is 0.248 e. The first kappa shape index (κ1) is 16.9. The second-order valence-corrected chi connectivity index (χ2v) is 8.82. The molecule has 0 radical (unpaired) electrons. The second kappa shape index (κ2) is 5.73. The number of ether oxygens (including phenoxy) is 1. The normalized spacial score (nSPS) is 24.0. The van der Waals surface area contributed by atoms with E-state index in [2.05, 4.69) is 15.1 Å². The molecule has 0 N–H and O–H groups in total. The molecule has 134 valence electrons. The molecule has 1 fully saturated rings. The molecule has 2 aromatic heterocycles. The van der Waals surface area contributed by atoms with Crippen molar-refractivity contribution in [1.82, 2.24) is 24.1 Å². The fourth-order valence-corrected chi connectivity index (χ4v) is 5.98. The molecule has 2 aliphatic rings. The third-order valence-electron chi connectivity index (χ3n) is 4.94. The van der Waals surface area contributed by atoms with Crippen LogP contribution >= 0.6 is 11.6 Å². The number of aromatic nitrogens is 4. The van der Waals surface area contributed by atoms with E-state index in [4.69, 9.17) is 16.3 Å². The van der Waals surface area contributed by atoms with Crippen molar-refractivity contribution in [3.8, 4) is 0 Å². The summed E-state index contributed by atoms with van der Waals surface area (Å²) in [5.41, 5.74) is 1.77. The van der Waals surface area contributed by atoms with Gasteiger partial charge in [-0.2, -0.15) is 9.40 Å². The summed E-state index contributed by atoms with van der Waals surface area (Å²) in [5.74, 6) is 0. The van der Waals surface area contributed by atoms with E-state index in [0.29, 0.717) is 38.4 Å². The number of halogens is 1. The molecule has 0 amide bonds. The number of hydrogen-bond acceptors (Lipinski definition) is 6. The summed E-state index contributed by atoms with van der Waals surface area (Å²) in [6.07, 6.45) is 3.89. The Kier molecular flexibility index (Phi) is 3.87. The van der Waals surface area contributed by atoms with E-state index >= 15 is 0 Å². The predicted molar refractivity (Wildman–Crippen MR) is 89.7 cm³/mol. The number of nitrogens with zero attached hydrogens (tertiary/aromatic N) is 5. The first-order chi connectivity index (χ1) is 11.8. The van der Waals surface area contributed by atoms with Gasteiger partial charge >= 0.3 is 0 Å². The van der Waals surface area contributed by atoms with Gasteiger partial charge in [0.2, 0.25) is 10.0 Å². The summed E-state index contributed by atoms with van der Waals surface area (Å²) in [6.45, 7) is 3.25. The van der Waals surface area contributed by atoms with Crippen molar-refractivity contribution >= 4 is 21.6 Å². The lowest BCUT2D eigenvalue weighted by molar-refractivity contribution is 0.0530. The van der Waals surface area contributed by atoms with Crippen molar-refractivity contribution in [3.63, 3.8) is 0 Å². The van der Waals surface area contributed by atoms with Gasteiger partial charge in [-0.05, 0) is 13.3 Å². The van der Waals surface area contributed by atoms with Crippen molar-refractivity contribution in [2.24, 2.45) is 7.05 Å². The summed E-state index contributed by atoms with van der Waals surface area (Å²) in [6, 6.07) is 0. The molecule has 0 saturated carbocycles. The van der Waals surface area contributed by atoms with Crippen LogP contribution in [0.25, 0.3) is 0 Å². The van der Waals surface area contributed by atoms with Crippen LogP contribution in [0.4, 0.5) is 0 Å². The lowest BCUT2D eigenvalue weighted by atomic mass is 9.81. The Morgan fingerprint density at radius 2 is 2.20 bits per heavy atom. The maximum atomic E-state index is 13.1. The summed E-state index contributed by atoms with van der Waals surface area (Å²) in [4.78, 5) is 8.55. The Morgan fingerprint density at radius 3 is 2.92 bits per heavy atom. The topological polar surface area (TPSA) is 90.2 Å². The van der Waals surface area contributed by atoms with Gasteiger partial charge in [-0.25, -0.2) is 18.4 Å². The SMILES string of the molecule is Cc1nn(C)c(Cl)c1S(=O)(=O)N1CC[C@]2(COCc3cncnc32)C1. The van der Waals surface area contributed by atoms with Crippen LogP contribution in [0, 0.1) is 6.92 Å². The molecule has 8 nitrogen and oxygen atoms in total. The molecule has 10 heteroatoms. The van der Waals surface area contributed by atoms with Crippen LogP contribution in [0.3, 0.4) is 0 Å². The number of rotatable bonds is 2. The van der Waals surface area contributed by atoms with E-state index in [9.17, 15) is 8.42 Å². The Labute approximate surface area is 150 Å². The van der Waals surface area contributed by atoms with Crippen LogP contribution in [-0.4, -0.2) is 52.2 Å².